The van der Waals surface area contributed by atoms with Crippen LogP contribution in [0.1, 0.15) is 63.2 Å². The van der Waals surface area contributed by atoms with Crippen molar-refractivity contribution in [1.82, 2.24) is 19.4 Å². The zero-order valence-corrected chi connectivity index (χ0v) is 23.2. The first-order chi connectivity index (χ1) is 18.5. The third-order valence-corrected chi connectivity index (χ3v) is 8.14. The summed E-state index contributed by atoms with van der Waals surface area (Å²) in [7, 11) is 2.67. The summed E-state index contributed by atoms with van der Waals surface area (Å²) in [4.78, 5) is 4.70. The SMILES string of the molecule is NC(=Nc1cc(P)ccc1Cl)c1cnn2cc(-c3cnn(C4CCCCO4)c3)cc2c1NC1CCCCC1. The van der Waals surface area contributed by atoms with Crippen LogP contribution in [0.2, 0.25) is 5.02 Å². The molecule has 1 saturated heterocycles. The number of nitrogens with two attached hydrogens (primary N) is 1. The number of fused-ring (bicyclic) bond motifs is 1. The van der Waals surface area contributed by atoms with Crippen molar-refractivity contribution in [2.75, 3.05) is 11.9 Å². The van der Waals surface area contributed by atoms with Gasteiger partial charge in [-0.1, -0.05) is 36.9 Å². The van der Waals surface area contributed by atoms with Gasteiger partial charge in [0.1, 0.15) is 12.1 Å². The predicted octanol–water partition coefficient (Wildman–Crippen LogP) is 5.83. The summed E-state index contributed by atoms with van der Waals surface area (Å²) in [6.45, 7) is 0.786. The molecule has 2 aliphatic rings. The van der Waals surface area contributed by atoms with E-state index in [-0.39, 0.29) is 6.23 Å². The number of halogens is 1. The van der Waals surface area contributed by atoms with E-state index in [0.717, 1.165) is 71.9 Å². The maximum absolute atomic E-state index is 6.61. The molecule has 0 spiro atoms. The maximum atomic E-state index is 6.61. The second kappa shape index (κ2) is 11.0. The van der Waals surface area contributed by atoms with Crippen LogP contribution < -0.4 is 16.4 Å². The molecule has 1 aliphatic heterocycles. The molecule has 38 heavy (non-hydrogen) atoms. The fraction of sp³-hybridized carbons (Fsp3) is 0.393. The average molecular weight is 550 g/mol. The van der Waals surface area contributed by atoms with Gasteiger partial charge >= 0.3 is 0 Å². The molecule has 2 fully saturated rings. The molecule has 2 unspecified atom stereocenters. The predicted molar refractivity (Wildman–Crippen MR) is 157 cm³/mol. The standard InChI is InChI=1S/C28H33ClN7OP/c29-23-10-9-21(38)13-24(23)34-28(30)22-15-32-35-16-18(12-25(35)27(22)33-20-6-2-1-3-7-20)19-14-31-36(17-19)26-8-4-5-11-37-26/h9-10,12-17,20,26,33H,1-8,11,38H2,(H2,30,34). The Labute approximate surface area is 229 Å². The molecule has 198 valence electrons. The Bertz CT molecular complexity index is 1470. The highest BCUT2D eigenvalue weighted by molar-refractivity contribution is 7.27. The molecule has 3 N–H and O–H groups in total. The zero-order valence-electron chi connectivity index (χ0n) is 21.3. The van der Waals surface area contributed by atoms with Gasteiger partial charge in [0, 0.05) is 36.2 Å². The van der Waals surface area contributed by atoms with Crippen LogP contribution in [0, 0.1) is 0 Å². The van der Waals surface area contributed by atoms with E-state index in [4.69, 9.17) is 32.2 Å². The summed E-state index contributed by atoms with van der Waals surface area (Å²) in [5.74, 6) is 0.376. The van der Waals surface area contributed by atoms with Crippen molar-refractivity contribution < 1.29 is 4.74 Å². The van der Waals surface area contributed by atoms with Crippen molar-refractivity contribution >= 4 is 48.9 Å². The molecule has 2 atom stereocenters. The molecular formula is C28H33ClN7OP. The topological polar surface area (TPSA) is 94.8 Å². The first kappa shape index (κ1) is 25.4. The quantitative estimate of drug-likeness (QED) is 0.179. The van der Waals surface area contributed by atoms with Gasteiger partial charge in [-0.3, -0.25) is 0 Å². The molecule has 8 nitrogen and oxygen atoms in total. The van der Waals surface area contributed by atoms with Crippen LogP contribution in [0.25, 0.3) is 16.6 Å². The minimum absolute atomic E-state index is 0.00523. The number of nitrogens with zero attached hydrogens (tertiary/aromatic N) is 5. The molecule has 1 saturated carbocycles. The highest BCUT2D eigenvalue weighted by atomic mass is 35.5. The van der Waals surface area contributed by atoms with E-state index in [1.165, 1.54) is 19.3 Å². The van der Waals surface area contributed by atoms with Gasteiger partial charge in [0.15, 0.2) is 0 Å². The summed E-state index contributed by atoms with van der Waals surface area (Å²) >= 11 is 6.42. The lowest BCUT2D eigenvalue weighted by atomic mass is 9.95. The van der Waals surface area contributed by atoms with Crippen LogP contribution in [0.5, 0.6) is 0 Å². The molecule has 10 heteroatoms. The van der Waals surface area contributed by atoms with Crippen LogP contribution in [0.15, 0.2) is 54.0 Å². The highest BCUT2D eigenvalue weighted by Gasteiger charge is 2.21. The van der Waals surface area contributed by atoms with Gasteiger partial charge in [0.2, 0.25) is 0 Å². The van der Waals surface area contributed by atoms with Gasteiger partial charge in [-0.15, -0.1) is 9.24 Å². The number of aromatic nitrogens is 4. The second-order valence-corrected chi connectivity index (χ2v) is 11.3. The molecule has 1 aromatic carbocycles. The number of rotatable bonds is 6. The lowest BCUT2D eigenvalue weighted by molar-refractivity contribution is -0.0394. The fourth-order valence-electron chi connectivity index (χ4n) is 5.39. The Kier molecular flexibility index (Phi) is 7.37. The van der Waals surface area contributed by atoms with E-state index >= 15 is 0 Å². The molecule has 4 heterocycles. The van der Waals surface area contributed by atoms with E-state index in [0.29, 0.717) is 22.6 Å². The Morgan fingerprint density at radius 1 is 1.03 bits per heavy atom. The molecule has 0 bridgehead atoms. The minimum atomic E-state index is 0.00523. The monoisotopic (exact) mass is 549 g/mol. The number of anilines is 1. The van der Waals surface area contributed by atoms with Crippen LogP contribution in [0.3, 0.4) is 0 Å². The number of hydrogen-bond acceptors (Lipinski definition) is 5. The van der Waals surface area contributed by atoms with E-state index < -0.39 is 0 Å². The van der Waals surface area contributed by atoms with E-state index in [1.807, 2.05) is 39.8 Å². The number of aliphatic imine (C=N–C) groups is 1. The first-order valence-electron chi connectivity index (χ1n) is 13.4. The van der Waals surface area contributed by atoms with Crippen molar-refractivity contribution in [3.05, 3.63) is 59.6 Å². The van der Waals surface area contributed by atoms with Crippen LogP contribution in [-0.4, -0.2) is 37.9 Å². The number of amidine groups is 1. The Hall–Kier alpha value is -2.93. The minimum Gasteiger partial charge on any atom is -0.383 e. The average Bonchev–Trinajstić information content (AvgIpc) is 3.60. The lowest BCUT2D eigenvalue weighted by Crippen LogP contribution is -2.25. The molecule has 3 aromatic heterocycles. The Balaban J connectivity index is 1.40. The van der Waals surface area contributed by atoms with E-state index in [2.05, 4.69) is 31.9 Å². The zero-order chi connectivity index (χ0) is 26.1. The number of ether oxygens (including phenoxy) is 1. The summed E-state index contributed by atoms with van der Waals surface area (Å²) in [5.41, 5.74) is 12.0. The summed E-state index contributed by atoms with van der Waals surface area (Å²) in [6.07, 6.45) is 17.1. The van der Waals surface area contributed by atoms with Gasteiger partial charge in [-0.25, -0.2) is 14.2 Å². The molecule has 6 rings (SSSR count). The van der Waals surface area contributed by atoms with Crippen molar-refractivity contribution in [2.45, 2.75) is 63.6 Å². The van der Waals surface area contributed by atoms with Crippen LogP contribution in [0.4, 0.5) is 11.4 Å². The Morgan fingerprint density at radius 2 is 1.87 bits per heavy atom. The van der Waals surface area contributed by atoms with Gasteiger partial charge in [-0.05, 0) is 55.6 Å². The van der Waals surface area contributed by atoms with Gasteiger partial charge in [0.25, 0.3) is 0 Å². The van der Waals surface area contributed by atoms with E-state index in [1.54, 1.807) is 6.20 Å². The maximum Gasteiger partial charge on any atom is 0.150 e. The van der Waals surface area contributed by atoms with Gasteiger partial charge < -0.3 is 15.8 Å². The van der Waals surface area contributed by atoms with Crippen LogP contribution >= 0.6 is 20.8 Å². The molecular weight excluding hydrogens is 517 g/mol. The smallest absolute Gasteiger partial charge is 0.150 e. The van der Waals surface area contributed by atoms with Crippen molar-refractivity contribution in [3.63, 3.8) is 0 Å². The largest absolute Gasteiger partial charge is 0.383 e. The third kappa shape index (κ3) is 5.31. The summed E-state index contributed by atoms with van der Waals surface area (Å²) in [5, 5.41) is 14.7. The van der Waals surface area contributed by atoms with Gasteiger partial charge in [-0.2, -0.15) is 10.2 Å². The first-order valence-corrected chi connectivity index (χ1v) is 14.3. The highest BCUT2D eigenvalue weighted by Crippen LogP contribution is 2.33. The number of benzene rings is 1. The van der Waals surface area contributed by atoms with Crippen molar-refractivity contribution in [2.24, 2.45) is 10.7 Å². The van der Waals surface area contributed by atoms with Crippen molar-refractivity contribution in [1.29, 1.82) is 0 Å². The lowest BCUT2D eigenvalue weighted by Gasteiger charge is -2.25. The third-order valence-electron chi connectivity index (χ3n) is 7.46. The molecule has 0 amide bonds. The van der Waals surface area contributed by atoms with Gasteiger partial charge in [0.05, 0.1) is 39.9 Å². The van der Waals surface area contributed by atoms with Crippen molar-refractivity contribution in [3.8, 4) is 11.1 Å². The summed E-state index contributed by atoms with van der Waals surface area (Å²) in [6, 6.07) is 8.19. The molecule has 4 aromatic rings. The Morgan fingerprint density at radius 3 is 2.68 bits per heavy atom. The van der Waals surface area contributed by atoms with E-state index in [9.17, 15) is 0 Å². The van der Waals surface area contributed by atoms with Crippen LogP contribution in [-0.2, 0) is 4.74 Å². The molecule has 1 aliphatic carbocycles. The molecule has 0 radical (unpaired) electrons. The summed E-state index contributed by atoms with van der Waals surface area (Å²) < 4.78 is 9.76. The normalized spacial score (nSPS) is 19.2. The number of hydrogen-bond donors (Lipinski definition) is 2. The second-order valence-electron chi connectivity index (χ2n) is 10.2. The fourth-order valence-corrected chi connectivity index (χ4v) is 5.81. The number of nitrogens with one attached hydrogen (secondary N) is 1.